The van der Waals surface area contributed by atoms with E-state index in [0.29, 0.717) is 38.6 Å². The van der Waals surface area contributed by atoms with Crippen LogP contribution in [0.1, 0.15) is 30.4 Å². The van der Waals surface area contributed by atoms with Gasteiger partial charge >= 0.3 is 0 Å². The van der Waals surface area contributed by atoms with Crippen molar-refractivity contribution in [2.75, 3.05) is 0 Å². The molecule has 0 saturated heterocycles. The van der Waals surface area contributed by atoms with E-state index < -0.39 is 0 Å². The molecule has 1 unspecified atom stereocenters. The van der Waals surface area contributed by atoms with Crippen molar-refractivity contribution in [3.8, 4) is 39.1 Å². The van der Waals surface area contributed by atoms with E-state index in [4.69, 9.17) is 54.9 Å². The summed E-state index contributed by atoms with van der Waals surface area (Å²) in [6.45, 7) is 2.24. The van der Waals surface area contributed by atoms with Crippen molar-refractivity contribution in [3.05, 3.63) is 114 Å². The van der Waals surface area contributed by atoms with E-state index in [1.54, 1.807) is 0 Å². The molecule has 0 saturated carbocycles. The average Bonchev–Trinajstić information content (AvgIpc) is 3.19. The van der Waals surface area contributed by atoms with Gasteiger partial charge in [0, 0.05) is 0 Å². The smallest absolute Gasteiger partial charge is 0.119 e. The summed E-state index contributed by atoms with van der Waals surface area (Å²) in [6, 6.07) is 33.2. The predicted octanol–water partition coefficient (Wildman–Crippen LogP) is 4.08. The fourth-order valence-corrected chi connectivity index (χ4v) is 8.50. The SMILES string of the molecule is [B]c1c([B])c([B])c2c(-c3cc4c(c5ccccc35)C(C)CC=C4)c3c([B])c([B])c(O)c([B])c3c(-c3ccc(-c4ccc5ccccc5c4)cc3)c2c1[B]. The lowest BCUT2D eigenvalue weighted by molar-refractivity contribution is 0.485. The molecule has 8 aromatic rings. The zero-order chi connectivity index (χ0) is 36.9. The quantitative estimate of drug-likeness (QED) is 0.225. The Morgan fingerprint density at radius 3 is 1.75 bits per heavy atom. The van der Waals surface area contributed by atoms with Gasteiger partial charge in [0.2, 0.25) is 0 Å². The van der Waals surface area contributed by atoms with E-state index in [9.17, 15) is 5.11 Å². The van der Waals surface area contributed by atoms with Crippen LogP contribution in [0.25, 0.3) is 82.5 Å². The van der Waals surface area contributed by atoms with Crippen LogP contribution in [-0.4, -0.2) is 60.0 Å². The first-order valence-corrected chi connectivity index (χ1v) is 17.6. The molecule has 0 amide bonds. The minimum Gasteiger partial charge on any atom is -0.509 e. The number of hydrogen-bond donors (Lipinski definition) is 1. The van der Waals surface area contributed by atoms with Crippen LogP contribution in [0, 0.1) is 0 Å². The standard InChI is InChI=1S/C45H25B7O/c1-21-7-6-10-27-20-30(28-11-4-5-12-29(28)31(21)27)33-36-34(38(46)42(50)43(51)39(36)47)32(35-37(33)40(48)44(52)45(53)41(35)49)24-16-13-23(14-17-24)26-18-15-22-8-2-3-9-25(22)19-26/h2-6,8-21,53H,7H2,1H3. The van der Waals surface area contributed by atoms with Crippen LogP contribution >= 0.6 is 0 Å². The molecule has 53 heavy (non-hydrogen) atoms. The highest BCUT2D eigenvalue weighted by Crippen LogP contribution is 2.46. The van der Waals surface area contributed by atoms with Gasteiger partial charge in [-0.15, -0.1) is 10.9 Å². The van der Waals surface area contributed by atoms with Gasteiger partial charge in [-0.2, -0.15) is 0 Å². The highest BCUT2D eigenvalue weighted by Gasteiger charge is 2.27. The number of benzene rings is 8. The average molecular weight is 657 g/mol. The van der Waals surface area contributed by atoms with E-state index in [-0.39, 0.29) is 44.0 Å². The fraction of sp³-hybridized carbons (Fsp3) is 0.0667. The fourth-order valence-electron chi connectivity index (χ4n) is 8.50. The van der Waals surface area contributed by atoms with Crippen LogP contribution in [0.2, 0.25) is 0 Å². The van der Waals surface area contributed by atoms with Crippen molar-refractivity contribution in [1.29, 1.82) is 0 Å². The maximum absolute atomic E-state index is 11.4. The zero-order valence-electron chi connectivity index (χ0n) is 29.2. The molecule has 232 valence electrons. The third-order valence-electron chi connectivity index (χ3n) is 11.2. The molecule has 1 N–H and O–H groups in total. The molecule has 0 bridgehead atoms. The first kappa shape index (κ1) is 33.6. The summed E-state index contributed by atoms with van der Waals surface area (Å²) < 4.78 is 0. The minimum absolute atomic E-state index is 0.0288. The molecule has 8 aromatic carbocycles. The highest BCUT2D eigenvalue weighted by atomic mass is 16.3. The summed E-state index contributed by atoms with van der Waals surface area (Å²) >= 11 is 0. The number of aromatic hydroxyl groups is 1. The van der Waals surface area contributed by atoms with Crippen molar-refractivity contribution in [2.45, 2.75) is 19.3 Å². The van der Waals surface area contributed by atoms with Gasteiger partial charge in [0.05, 0.1) is 0 Å². The summed E-state index contributed by atoms with van der Waals surface area (Å²) in [5.41, 5.74) is 8.33. The molecule has 1 aliphatic carbocycles. The maximum atomic E-state index is 11.4. The predicted molar refractivity (Wildman–Crippen MR) is 234 cm³/mol. The number of rotatable bonds is 3. The van der Waals surface area contributed by atoms with Gasteiger partial charge in [-0.05, 0) is 118 Å². The molecule has 1 aliphatic rings. The van der Waals surface area contributed by atoms with Crippen LogP contribution in [0.5, 0.6) is 5.75 Å². The van der Waals surface area contributed by atoms with E-state index in [1.807, 2.05) is 48.5 Å². The van der Waals surface area contributed by atoms with Crippen LogP contribution in [-0.2, 0) is 0 Å². The lowest BCUT2D eigenvalue weighted by Crippen LogP contribution is -2.48. The number of phenols is 1. The Hall–Kier alpha value is -5.21. The van der Waals surface area contributed by atoms with Gasteiger partial charge < -0.3 is 5.11 Å². The van der Waals surface area contributed by atoms with Crippen molar-refractivity contribution >= 4 is 142 Å². The largest absolute Gasteiger partial charge is 0.509 e. The van der Waals surface area contributed by atoms with Crippen molar-refractivity contribution in [1.82, 2.24) is 0 Å². The van der Waals surface area contributed by atoms with Crippen LogP contribution in [0.4, 0.5) is 0 Å². The Bertz CT molecular complexity index is 2830. The number of fused-ring (bicyclic) bond motifs is 6. The molecule has 1 nitrogen and oxygen atoms in total. The zero-order valence-corrected chi connectivity index (χ0v) is 29.2. The van der Waals surface area contributed by atoms with E-state index in [1.165, 1.54) is 10.9 Å². The summed E-state index contributed by atoms with van der Waals surface area (Å²) in [5.74, 6) is 0.00297. The lowest BCUT2D eigenvalue weighted by atomic mass is 9.61. The topological polar surface area (TPSA) is 20.2 Å². The third kappa shape index (κ3) is 4.95. The Kier molecular flexibility index (Phi) is 7.90. The second kappa shape index (κ2) is 12.4. The summed E-state index contributed by atoms with van der Waals surface area (Å²) in [6.07, 6.45) is 5.29. The Balaban J connectivity index is 1.45. The number of allylic oxidation sites excluding steroid dienone is 1. The van der Waals surface area contributed by atoms with Crippen LogP contribution < -0.4 is 38.2 Å². The first-order chi connectivity index (χ1) is 25.6. The van der Waals surface area contributed by atoms with E-state index in [0.717, 1.165) is 50.4 Å². The number of hydrogen-bond acceptors (Lipinski definition) is 1. The molecule has 0 heterocycles. The molecule has 0 aromatic heterocycles. The van der Waals surface area contributed by atoms with E-state index in [2.05, 4.69) is 67.6 Å². The normalized spacial score (nSPS) is 14.0. The Morgan fingerprint density at radius 2 is 1.06 bits per heavy atom. The highest BCUT2D eigenvalue weighted by molar-refractivity contribution is 6.69. The monoisotopic (exact) mass is 658 g/mol. The molecule has 9 rings (SSSR count). The van der Waals surface area contributed by atoms with Crippen LogP contribution in [0.15, 0.2) is 103 Å². The second-order valence-corrected chi connectivity index (χ2v) is 14.1. The van der Waals surface area contributed by atoms with Gasteiger partial charge in [0.1, 0.15) is 60.7 Å². The van der Waals surface area contributed by atoms with Crippen molar-refractivity contribution < 1.29 is 5.11 Å². The Labute approximate surface area is 318 Å². The van der Waals surface area contributed by atoms with Crippen LogP contribution in [0.3, 0.4) is 0 Å². The Morgan fingerprint density at radius 1 is 0.509 bits per heavy atom. The molecular formula is C45H25B7O. The van der Waals surface area contributed by atoms with Gasteiger partial charge in [0.15, 0.2) is 0 Å². The maximum Gasteiger partial charge on any atom is 0.119 e. The lowest BCUT2D eigenvalue weighted by Gasteiger charge is -2.29. The molecule has 8 heteroatoms. The molecular weight excluding hydrogens is 632 g/mol. The molecule has 0 spiro atoms. The molecule has 14 radical (unpaired) electrons. The van der Waals surface area contributed by atoms with Gasteiger partial charge in [-0.25, -0.2) is 0 Å². The summed E-state index contributed by atoms with van der Waals surface area (Å²) in [4.78, 5) is 0. The van der Waals surface area contributed by atoms with Gasteiger partial charge in [0.25, 0.3) is 0 Å². The van der Waals surface area contributed by atoms with E-state index >= 15 is 0 Å². The molecule has 1 atom stereocenters. The molecule has 0 aliphatic heterocycles. The second-order valence-electron chi connectivity index (χ2n) is 14.1. The van der Waals surface area contributed by atoms with Crippen molar-refractivity contribution in [3.63, 3.8) is 0 Å². The molecule has 0 fully saturated rings. The van der Waals surface area contributed by atoms with Crippen molar-refractivity contribution in [2.24, 2.45) is 0 Å². The number of phenolic OH excluding ortho intramolecular Hbond substituents is 1. The summed E-state index contributed by atoms with van der Waals surface area (Å²) in [7, 11) is 47.8. The third-order valence-corrected chi connectivity index (χ3v) is 11.2. The van der Waals surface area contributed by atoms with Gasteiger partial charge in [-0.1, -0.05) is 126 Å². The minimum atomic E-state index is -0.309. The first-order valence-electron chi connectivity index (χ1n) is 17.6. The summed E-state index contributed by atoms with van der Waals surface area (Å²) in [5, 5.41) is 18.0. The van der Waals surface area contributed by atoms with Gasteiger partial charge in [-0.3, -0.25) is 0 Å².